The summed E-state index contributed by atoms with van der Waals surface area (Å²) in [6, 6.07) is 0. The van der Waals surface area contributed by atoms with E-state index < -0.39 is 5.09 Å². The molecule has 0 aromatic heterocycles. The molecule has 0 saturated heterocycles. The van der Waals surface area contributed by atoms with Crippen molar-refractivity contribution in [3.05, 3.63) is 15.3 Å². The minimum absolute atomic E-state index is 0. The van der Waals surface area contributed by atoms with Crippen LogP contribution in [0.5, 0.6) is 0 Å². The molecular formula is H3N2O3Ru. The van der Waals surface area contributed by atoms with Gasteiger partial charge in [0.05, 0.1) is 5.09 Å². The van der Waals surface area contributed by atoms with Gasteiger partial charge in [-0.2, -0.15) is 0 Å². The van der Waals surface area contributed by atoms with E-state index in [9.17, 15) is 0 Å². The standard InChI is InChI=1S/NO3.H3N.Ru/c2-1(3)4;;/h;1H3;/q-1;;+1. The summed E-state index contributed by atoms with van der Waals surface area (Å²) in [5, 5.41) is 14.8. The zero-order valence-electron chi connectivity index (χ0n) is 2.73. The van der Waals surface area contributed by atoms with Crippen LogP contribution in [0, 0.1) is 15.3 Å². The summed E-state index contributed by atoms with van der Waals surface area (Å²) >= 11 is 0. The topological polar surface area (TPSA) is 101 Å². The Morgan fingerprint density at radius 2 is 1.33 bits per heavy atom. The molecule has 3 N–H and O–H groups in total. The third kappa shape index (κ3) is 625. The van der Waals surface area contributed by atoms with Gasteiger partial charge < -0.3 is 21.5 Å². The van der Waals surface area contributed by atoms with Crippen LogP contribution in [0.3, 0.4) is 0 Å². The molecule has 0 heterocycles. The molecule has 0 aliphatic rings. The smallest absolute Gasteiger partial charge is 0.356 e. The molecule has 39 valence electrons. The predicted molar refractivity (Wildman–Crippen MR) is 15.4 cm³/mol. The van der Waals surface area contributed by atoms with Gasteiger partial charge in [0.2, 0.25) is 0 Å². The van der Waals surface area contributed by atoms with E-state index in [-0.39, 0.29) is 25.6 Å². The average Bonchev–Trinajstić information content (AvgIpc) is 0.811. The van der Waals surface area contributed by atoms with Gasteiger partial charge in [0.25, 0.3) is 0 Å². The number of hydrogen-bond acceptors (Lipinski definition) is 4. The summed E-state index contributed by atoms with van der Waals surface area (Å²) < 4.78 is 0. The normalized spacial score (nSPS) is 4.00. The van der Waals surface area contributed by atoms with E-state index in [2.05, 4.69) is 0 Å². The van der Waals surface area contributed by atoms with E-state index in [0.29, 0.717) is 0 Å². The fraction of sp³-hybridized carbons (Fsp3) is 0. The second-order valence-corrected chi connectivity index (χ2v) is 0.224. The van der Waals surface area contributed by atoms with Crippen LogP contribution in [0.25, 0.3) is 0 Å². The molecular weight excluding hydrogens is 177 g/mol. The van der Waals surface area contributed by atoms with Gasteiger partial charge in [-0.25, -0.2) is 0 Å². The zero-order chi connectivity index (χ0) is 3.58. The average molecular weight is 180 g/mol. The van der Waals surface area contributed by atoms with Crippen molar-refractivity contribution in [1.82, 2.24) is 6.15 Å². The van der Waals surface area contributed by atoms with Crippen LogP contribution in [0.1, 0.15) is 0 Å². The Bertz CT molecular complexity index is 31.8. The van der Waals surface area contributed by atoms with Gasteiger partial charge in [0, 0.05) is 0 Å². The number of nitrogens with zero attached hydrogens (tertiary/aromatic N) is 1. The first-order valence-electron chi connectivity index (χ1n) is 0.548. The monoisotopic (exact) mass is 181 g/mol. The quantitative estimate of drug-likeness (QED) is 0.320. The van der Waals surface area contributed by atoms with Crippen LogP contribution in [0.2, 0.25) is 0 Å². The number of hydrogen-bond donors (Lipinski definition) is 1. The largest absolute Gasteiger partial charge is 1.00 e. The Morgan fingerprint density at radius 3 is 1.33 bits per heavy atom. The van der Waals surface area contributed by atoms with Gasteiger partial charge in [-0.15, -0.1) is 0 Å². The third-order valence-corrected chi connectivity index (χ3v) is 0. The molecule has 0 rings (SSSR count). The first-order chi connectivity index (χ1) is 1.73. The van der Waals surface area contributed by atoms with Gasteiger partial charge in [-0.3, -0.25) is 0 Å². The maximum atomic E-state index is 8.25. The van der Waals surface area contributed by atoms with Crippen molar-refractivity contribution in [3.8, 4) is 0 Å². The molecule has 0 unspecified atom stereocenters. The van der Waals surface area contributed by atoms with Crippen molar-refractivity contribution in [2.45, 2.75) is 0 Å². The fourth-order valence-electron chi connectivity index (χ4n) is 0. The molecule has 0 amide bonds. The molecule has 5 nitrogen and oxygen atoms in total. The second kappa shape index (κ2) is 8.84. The molecule has 0 atom stereocenters. The summed E-state index contributed by atoms with van der Waals surface area (Å²) in [6.07, 6.45) is 0. The van der Waals surface area contributed by atoms with Crippen LogP contribution in [-0.4, -0.2) is 5.09 Å². The van der Waals surface area contributed by atoms with Gasteiger partial charge in [-0.1, -0.05) is 0 Å². The van der Waals surface area contributed by atoms with Crippen molar-refractivity contribution in [2.75, 3.05) is 0 Å². The van der Waals surface area contributed by atoms with Crippen LogP contribution < -0.4 is 6.15 Å². The van der Waals surface area contributed by atoms with Crippen molar-refractivity contribution in [1.29, 1.82) is 0 Å². The van der Waals surface area contributed by atoms with Crippen molar-refractivity contribution >= 4 is 0 Å². The van der Waals surface area contributed by atoms with E-state index in [1.165, 1.54) is 0 Å². The van der Waals surface area contributed by atoms with E-state index in [1.807, 2.05) is 0 Å². The summed E-state index contributed by atoms with van der Waals surface area (Å²) in [5.74, 6) is 0. The Kier molecular flexibility index (Phi) is 25.2. The molecule has 6 heteroatoms. The fourth-order valence-corrected chi connectivity index (χ4v) is 0. The van der Waals surface area contributed by atoms with Crippen molar-refractivity contribution in [3.63, 3.8) is 0 Å². The Balaban J connectivity index is -0.0000000450. The molecule has 0 saturated carbocycles. The van der Waals surface area contributed by atoms with Crippen molar-refractivity contribution < 1.29 is 24.6 Å². The first kappa shape index (κ1) is 17.1. The first-order valence-corrected chi connectivity index (χ1v) is 0.548. The maximum absolute atomic E-state index is 8.25. The molecule has 0 aromatic rings. The van der Waals surface area contributed by atoms with Crippen molar-refractivity contribution in [2.24, 2.45) is 0 Å². The van der Waals surface area contributed by atoms with Gasteiger partial charge in [-0.05, 0) is 0 Å². The number of rotatable bonds is 0. The summed E-state index contributed by atoms with van der Waals surface area (Å²) in [6.45, 7) is 0. The Morgan fingerprint density at radius 1 is 1.33 bits per heavy atom. The third-order valence-electron chi connectivity index (χ3n) is 0. The molecule has 1 radical (unpaired) electrons. The molecule has 6 heavy (non-hydrogen) atoms. The molecule has 0 aliphatic carbocycles. The van der Waals surface area contributed by atoms with Gasteiger partial charge >= 0.3 is 19.5 Å². The maximum Gasteiger partial charge on any atom is 1.00 e. The molecule has 0 spiro atoms. The van der Waals surface area contributed by atoms with E-state index in [0.717, 1.165) is 0 Å². The second-order valence-electron chi connectivity index (χ2n) is 0.224. The molecule has 0 bridgehead atoms. The SMILES string of the molecule is N.O=[N+]([O-])[O-].[Ru+]. The van der Waals surface area contributed by atoms with E-state index in [4.69, 9.17) is 15.3 Å². The van der Waals surface area contributed by atoms with Gasteiger partial charge in [0.1, 0.15) is 0 Å². The Hall–Kier alpha value is -0.217. The van der Waals surface area contributed by atoms with Gasteiger partial charge in [0.15, 0.2) is 0 Å². The minimum Gasteiger partial charge on any atom is -0.356 e. The summed E-state index contributed by atoms with van der Waals surface area (Å²) in [4.78, 5) is 8.25. The van der Waals surface area contributed by atoms with Crippen LogP contribution in [0.4, 0.5) is 0 Å². The summed E-state index contributed by atoms with van der Waals surface area (Å²) in [7, 11) is 0. The molecule has 0 aliphatic heterocycles. The molecule has 0 aromatic carbocycles. The van der Waals surface area contributed by atoms with E-state index >= 15 is 0 Å². The summed E-state index contributed by atoms with van der Waals surface area (Å²) in [5.41, 5.74) is 0. The van der Waals surface area contributed by atoms with E-state index in [1.54, 1.807) is 0 Å². The van der Waals surface area contributed by atoms with Crippen LogP contribution in [-0.2, 0) is 19.5 Å². The zero-order valence-corrected chi connectivity index (χ0v) is 4.47. The van der Waals surface area contributed by atoms with Crippen LogP contribution >= 0.6 is 0 Å². The Labute approximate surface area is 46.8 Å². The predicted octanol–water partition coefficient (Wildman–Crippen LogP) is -0.0796. The minimum atomic E-state index is -1.75. The molecule has 0 fully saturated rings. The van der Waals surface area contributed by atoms with Crippen LogP contribution in [0.15, 0.2) is 0 Å².